The summed E-state index contributed by atoms with van der Waals surface area (Å²) in [7, 11) is 1.89. The van der Waals surface area contributed by atoms with Crippen molar-refractivity contribution < 1.29 is 17.9 Å². The van der Waals surface area contributed by atoms with Crippen LogP contribution >= 0.6 is 0 Å². The number of alkyl halides is 3. The number of hydrogen-bond acceptors (Lipinski definition) is 4. The molecule has 3 aromatic rings. The third kappa shape index (κ3) is 4.88. The Hall–Kier alpha value is -2.71. The summed E-state index contributed by atoms with van der Waals surface area (Å²) in [6, 6.07) is 11.1. The van der Waals surface area contributed by atoms with Gasteiger partial charge < -0.3 is 4.74 Å². The Balaban J connectivity index is 1.48. The Morgan fingerprint density at radius 2 is 1.97 bits per heavy atom. The molecule has 30 heavy (non-hydrogen) atoms. The molecule has 1 aliphatic heterocycles. The van der Waals surface area contributed by atoms with Crippen molar-refractivity contribution in [2.75, 3.05) is 19.7 Å². The van der Waals surface area contributed by atoms with Gasteiger partial charge in [-0.1, -0.05) is 24.3 Å². The molecule has 158 valence electrons. The summed E-state index contributed by atoms with van der Waals surface area (Å²) < 4.78 is 47.6. The molecule has 0 radical (unpaired) electrons. The first-order valence-corrected chi connectivity index (χ1v) is 9.81. The van der Waals surface area contributed by atoms with Crippen molar-refractivity contribution >= 4 is 0 Å². The molecule has 0 amide bonds. The normalized spacial score (nSPS) is 17.9. The van der Waals surface area contributed by atoms with E-state index in [2.05, 4.69) is 15.0 Å². The first kappa shape index (κ1) is 20.6. The molecular weight excluding hydrogens is 393 g/mol. The number of rotatable bonds is 5. The van der Waals surface area contributed by atoms with Crippen LogP contribution in [-0.4, -0.2) is 39.4 Å². The third-order valence-corrected chi connectivity index (χ3v) is 5.17. The van der Waals surface area contributed by atoms with Gasteiger partial charge in [0.15, 0.2) is 0 Å². The van der Waals surface area contributed by atoms with Crippen LogP contribution in [0.25, 0.3) is 0 Å². The summed E-state index contributed by atoms with van der Waals surface area (Å²) >= 11 is 0. The van der Waals surface area contributed by atoms with Crippen LogP contribution in [0.1, 0.15) is 34.2 Å². The molecular formula is C22H23F3N4O. The standard InChI is InChI=1S/C22H23F3N4O/c1-28-13-16(12-26-28)14-29-9-10-30-21(15-29)20-8-4-6-18(27-20)11-17-5-2-3-7-19(17)22(23,24)25/h2-8,12-13,21H,9-11,14-15H2,1H3. The highest BCUT2D eigenvalue weighted by atomic mass is 19.4. The molecule has 0 N–H and O–H groups in total. The van der Waals surface area contributed by atoms with Crippen molar-refractivity contribution in [2.45, 2.75) is 25.2 Å². The van der Waals surface area contributed by atoms with Crippen molar-refractivity contribution in [3.05, 3.63) is 82.9 Å². The summed E-state index contributed by atoms with van der Waals surface area (Å²) in [6.45, 7) is 2.83. The lowest BCUT2D eigenvalue weighted by molar-refractivity contribution is -0.138. The number of pyridine rings is 1. The zero-order chi connectivity index (χ0) is 21.1. The van der Waals surface area contributed by atoms with Crippen molar-refractivity contribution in [3.8, 4) is 0 Å². The van der Waals surface area contributed by atoms with E-state index in [-0.39, 0.29) is 18.1 Å². The molecule has 0 aliphatic carbocycles. The lowest BCUT2D eigenvalue weighted by Gasteiger charge is -2.32. The molecule has 1 aliphatic rings. The Bertz CT molecular complexity index is 1000. The van der Waals surface area contributed by atoms with Crippen molar-refractivity contribution in [2.24, 2.45) is 7.05 Å². The number of nitrogens with zero attached hydrogens (tertiary/aromatic N) is 4. The second-order valence-electron chi connectivity index (χ2n) is 7.50. The average Bonchev–Trinajstić information content (AvgIpc) is 3.12. The van der Waals surface area contributed by atoms with E-state index in [1.807, 2.05) is 31.6 Å². The molecule has 1 fully saturated rings. The van der Waals surface area contributed by atoms with Gasteiger partial charge in [0.2, 0.25) is 0 Å². The molecule has 3 heterocycles. The lowest BCUT2D eigenvalue weighted by atomic mass is 10.0. The number of aromatic nitrogens is 3. The van der Waals surface area contributed by atoms with Crippen LogP contribution in [0.4, 0.5) is 13.2 Å². The first-order chi connectivity index (χ1) is 14.4. The SMILES string of the molecule is Cn1cc(CN2CCOC(c3cccc(Cc4ccccc4C(F)(F)F)n3)C2)cn1. The Morgan fingerprint density at radius 1 is 1.13 bits per heavy atom. The average molecular weight is 416 g/mol. The van der Waals surface area contributed by atoms with Crippen LogP contribution < -0.4 is 0 Å². The smallest absolute Gasteiger partial charge is 0.369 e. The molecule has 0 spiro atoms. The van der Waals surface area contributed by atoms with Gasteiger partial charge in [0.05, 0.1) is 24.1 Å². The third-order valence-electron chi connectivity index (χ3n) is 5.17. The number of aryl methyl sites for hydroxylation is 1. The minimum Gasteiger partial charge on any atom is -0.369 e. The zero-order valence-electron chi connectivity index (χ0n) is 16.6. The van der Waals surface area contributed by atoms with Crippen LogP contribution in [0.3, 0.4) is 0 Å². The highest BCUT2D eigenvalue weighted by molar-refractivity contribution is 5.33. The fourth-order valence-corrected chi connectivity index (χ4v) is 3.76. The molecule has 0 saturated carbocycles. The van der Waals surface area contributed by atoms with Gasteiger partial charge in [-0.15, -0.1) is 0 Å². The second kappa shape index (κ2) is 8.57. The van der Waals surface area contributed by atoms with Gasteiger partial charge in [0.25, 0.3) is 0 Å². The van der Waals surface area contributed by atoms with E-state index in [1.165, 1.54) is 12.1 Å². The summed E-state index contributed by atoms with van der Waals surface area (Å²) in [5, 5.41) is 4.20. The summed E-state index contributed by atoms with van der Waals surface area (Å²) in [5.41, 5.74) is 2.07. The topological polar surface area (TPSA) is 43.2 Å². The monoisotopic (exact) mass is 416 g/mol. The number of hydrogen-bond donors (Lipinski definition) is 0. The van der Waals surface area contributed by atoms with E-state index >= 15 is 0 Å². The minimum atomic E-state index is -4.38. The van der Waals surface area contributed by atoms with Crippen LogP contribution in [0, 0.1) is 0 Å². The van der Waals surface area contributed by atoms with E-state index < -0.39 is 11.7 Å². The fourth-order valence-electron chi connectivity index (χ4n) is 3.76. The maximum atomic E-state index is 13.3. The van der Waals surface area contributed by atoms with Crippen LogP contribution in [-0.2, 0) is 30.9 Å². The minimum absolute atomic E-state index is 0.121. The quantitative estimate of drug-likeness (QED) is 0.631. The van der Waals surface area contributed by atoms with E-state index in [0.29, 0.717) is 18.8 Å². The summed E-state index contributed by atoms with van der Waals surface area (Å²) in [4.78, 5) is 6.90. The molecule has 1 saturated heterocycles. The Kier molecular flexibility index (Phi) is 5.87. The van der Waals surface area contributed by atoms with Gasteiger partial charge in [-0.25, -0.2) is 0 Å². The Labute approximate surface area is 173 Å². The van der Waals surface area contributed by atoms with Gasteiger partial charge in [0, 0.05) is 50.6 Å². The van der Waals surface area contributed by atoms with Gasteiger partial charge >= 0.3 is 6.18 Å². The number of morpholine rings is 1. The van der Waals surface area contributed by atoms with Gasteiger partial charge in [-0.05, 0) is 23.8 Å². The lowest BCUT2D eigenvalue weighted by Crippen LogP contribution is -2.38. The fraction of sp³-hybridized carbons (Fsp3) is 0.364. The number of ether oxygens (including phenoxy) is 1. The number of benzene rings is 1. The first-order valence-electron chi connectivity index (χ1n) is 9.81. The zero-order valence-corrected chi connectivity index (χ0v) is 16.6. The molecule has 2 aromatic heterocycles. The summed E-state index contributed by atoms with van der Waals surface area (Å²) in [5.74, 6) is 0. The van der Waals surface area contributed by atoms with Crippen LogP contribution in [0.2, 0.25) is 0 Å². The van der Waals surface area contributed by atoms with E-state index in [1.54, 1.807) is 16.8 Å². The molecule has 1 aromatic carbocycles. The predicted octanol–water partition coefficient (Wildman–Crippen LogP) is 4.00. The molecule has 1 atom stereocenters. The number of halogens is 3. The van der Waals surface area contributed by atoms with E-state index in [0.717, 1.165) is 30.4 Å². The second-order valence-corrected chi connectivity index (χ2v) is 7.50. The maximum Gasteiger partial charge on any atom is 0.416 e. The van der Waals surface area contributed by atoms with Crippen molar-refractivity contribution in [1.82, 2.24) is 19.7 Å². The predicted molar refractivity (Wildman–Crippen MR) is 106 cm³/mol. The van der Waals surface area contributed by atoms with Crippen LogP contribution in [0.5, 0.6) is 0 Å². The van der Waals surface area contributed by atoms with E-state index in [4.69, 9.17) is 4.74 Å². The molecule has 4 rings (SSSR count). The van der Waals surface area contributed by atoms with Gasteiger partial charge in [0.1, 0.15) is 6.10 Å². The molecule has 0 bridgehead atoms. The molecule has 1 unspecified atom stereocenters. The highest BCUT2D eigenvalue weighted by Crippen LogP contribution is 2.33. The molecule has 5 nitrogen and oxygen atoms in total. The van der Waals surface area contributed by atoms with Gasteiger partial charge in [-0.3, -0.25) is 14.6 Å². The van der Waals surface area contributed by atoms with Crippen molar-refractivity contribution in [3.63, 3.8) is 0 Å². The van der Waals surface area contributed by atoms with E-state index in [9.17, 15) is 13.2 Å². The van der Waals surface area contributed by atoms with Gasteiger partial charge in [-0.2, -0.15) is 18.3 Å². The summed E-state index contributed by atoms with van der Waals surface area (Å²) in [6.07, 6.45) is -0.639. The highest BCUT2D eigenvalue weighted by Gasteiger charge is 2.33. The van der Waals surface area contributed by atoms with Crippen molar-refractivity contribution in [1.29, 1.82) is 0 Å². The largest absolute Gasteiger partial charge is 0.416 e. The Morgan fingerprint density at radius 3 is 2.73 bits per heavy atom. The van der Waals surface area contributed by atoms with Crippen LogP contribution in [0.15, 0.2) is 54.9 Å². The maximum absolute atomic E-state index is 13.3. The molecule has 8 heteroatoms.